The summed E-state index contributed by atoms with van der Waals surface area (Å²) < 4.78 is 4.82. The first kappa shape index (κ1) is 17.6. The van der Waals surface area contributed by atoms with E-state index in [-0.39, 0.29) is 28.0 Å². The van der Waals surface area contributed by atoms with Crippen molar-refractivity contribution in [2.24, 2.45) is 0 Å². The average molecular weight is 373 g/mol. The number of hydrogen-bond acceptors (Lipinski definition) is 7. The maximum absolute atomic E-state index is 12.2. The lowest BCUT2D eigenvalue weighted by atomic mass is 10.0. The number of esters is 1. The SMILES string of the molecule is COC(=O)c1cc2ccccc2cc1Nc1nc(Cl)nc(C)c1[N+](=O)[O-]. The van der Waals surface area contributed by atoms with Crippen molar-refractivity contribution in [2.75, 3.05) is 12.4 Å². The summed E-state index contributed by atoms with van der Waals surface area (Å²) in [6, 6.07) is 10.7. The van der Waals surface area contributed by atoms with Gasteiger partial charge in [0.2, 0.25) is 11.1 Å². The number of benzene rings is 2. The molecule has 0 fully saturated rings. The van der Waals surface area contributed by atoms with Gasteiger partial charge in [-0.1, -0.05) is 24.3 Å². The fourth-order valence-electron chi connectivity index (χ4n) is 2.59. The Morgan fingerprint density at radius 3 is 2.50 bits per heavy atom. The van der Waals surface area contributed by atoms with Gasteiger partial charge in [0.1, 0.15) is 5.69 Å². The quantitative estimate of drug-likeness (QED) is 0.319. The predicted octanol–water partition coefficient (Wildman–Crippen LogP) is 4.03. The van der Waals surface area contributed by atoms with E-state index in [1.807, 2.05) is 24.3 Å². The zero-order valence-corrected chi connectivity index (χ0v) is 14.6. The molecule has 1 heterocycles. The van der Waals surface area contributed by atoms with Crippen molar-refractivity contribution in [3.8, 4) is 0 Å². The average Bonchev–Trinajstić information content (AvgIpc) is 2.59. The Labute approximate surface area is 152 Å². The molecular weight excluding hydrogens is 360 g/mol. The summed E-state index contributed by atoms with van der Waals surface area (Å²) in [5.74, 6) is -0.689. The standard InChI is InChI=1S/C17H13ClN4O4/c1-9-14(22(24)25)15(21-17(18)19-9)20-13-8-11-6-4-3-5-10(11)7-12(13)16(23)26-2/h3-8H,1-2H3,(H,19,20,21). The Morgan fingerprint density at radius 1 is 1.23 bits per heavy atom. The van der Waals surface area contributed by atoms with Gasteiger partial charge in [0.15, 0.2) is 0 Å². The summed E-state index contributed by atoms with van der Waals surface area (Å²) in [7, 11) is 1.26. The van der Waals surface area contributed by atoms with Crippen molar-refractivity contribution in [3.05, 3.63) is 63.1 Å². The molecule has 1 N–H and O–H groups in total. The maximum atomic E-state index is 12.2. The maximum Gasteiger partial charge on any atom is 0.339 e. The van der Waals surface area contributed by atoms with Crippen LogP contribution < -0.4 is 5.32 Å². The molecule has 2 aromatic carbocycles. The molecule has 132 valence electrons. The third-order valence-corrected chi connectivity index (χ3v) is 3.93. The van der Waals surface area contributed by atoms with E-state index in [4.69, 9.17) is 16.3 Å². The molecule has 9 heteroatoms. The molecule has 0 radical (unpaired) electrons. The monoisotopic (exact) mass is 372 g/mol. The number of rotatable bonds is 4. The Kier molecular flexibility index (Phi) is 4.68. The first-order valence-electron chi connectivity index (χ1n) is 7.47. The molecule has 0 aliphatic heterocycles. The number of nitrogens with zero attached hydrogens (tertiary/aromatic N) is 3. The molecule has 1 aromatic heterocycles. The molecule has 0 bridgehead atoms. The Bertz CT molecular complexity index is 1040. The number of aromatic nitrogens is 2. The van der Waals surface area contributed by atoms with Gasteiger partial charge in [0.05, 0.1) is 23.3 Å². The summed E-state index contributed by atoms with van der Waals surface area (Å²) in [6.45, 7) is 1.46. The van der Waals surface area contributed by atoms with Crippen LogP contribution in [0, 0.1) is 17.0 Å². The molecule has 0 atom stereocenters. The van der Waals surface area contributed by atoms with Crippen molar-refractivity contribution < 1.29 is 14.5 Å². The van der Waals surface area contributed by atoms with E-state index in [2.05, 4.69) is 15.3 Å². The zero-order chi connectivity index (χ0) is 18.8. The number of carbonyl (C=O) groups excluding carboxylic acids is 1. The fourth-order valence-corrected chi connectivity index (χ4v) is 2.80. The third-order valence-electron chi connectivity index (χ3n) is 3.76. The Hall–Kier alpha value is -3.26. The second kappa shape index (κ2) is 6.93. The minimum atomic E-state index is -0.604. The highest BCUT2D eigenvalue weighted by molar-refractivity contribution is 6.28. The second-order valence-electron chi connectivity index (χ2n) is 5.39. The van der Waals surface area contributed by atoms with Gasteiger partial charge in [-0.15, -0.1) is 0 Å². The number of fused-ring (bicyclic) bond motifs is 1. The van der Waals surface area contributed by atoms with Crippen molar-refractivity contribution in [2.45, 2.75) is 6.92 Å². The number of nitro groups is 1. The van der Waals surface area contributed by atoms with Crippen molar-refractivity contribution in [3.63, 3.8) is 0 Å². The van der Waals surface area contributed by atoms with Gasteiger partial charge in [-0.25, -0.2) is 9.78 Å². The van der Waals surface area contributed by atoms with Crippen LogP contribution in [0.25, 0.3) is 10.8 Å². The number of halogens is 1. The zero-order valence-electron chi connectivity index (χ0n) is 13.8. The third kappa shape index (κ3) is 3.27. The first-order valence-corrected chi connectivity index (χ1v) is 7.85. The first-order chi connectivity index (χ1) is 12.4. The Morgan fingerprint density at radius 2 is 1.88 bits per heavy atom. The molecule has 3 aromatic rings. The second-order valence-corrected chi connectivity index (χ2v) is 5.73. The highest BCUT2D eigenvalue weighted by atomic mass is 35.5. The van der Waals surface area contributed by atoms with Crippen LogP contribution in [0.3, 0.4) is 0 Å². The number of anilines is 2. The molecule has 3 rings (SSSR count). The lowest BCUT2D eigenvalue weighted by Gasteiger charge is -2.13. The molecule has 0 unspecified atom stereocenters. The number of nitrogens with one attached hydrogen (secondary N) is 1. The molecule has 0 aliphatic carbocycles. The van der Waals surface area contributed by atoms with Gasteiger partial charge < -0.3 is 10.1 Å². The minimum Gasteiger partial charge on any atom is -0.465 e. The van der Waals surface area contributed by atoms with Crippen LogP contribution >= 0.6 is 11.6 Å². The van der Waals surface area contributed by atoms with Crippen LogP contribution in [0.1, 0.15) is 16.1 Å². The molecule has 0 amide bonds. The molecule has 0 aliphatic rings. The van der Waals surface area contributed by atoms with Gasteiger partial charge in [-0.3, -0.25) is 10.1 Å². The van der Waals surface area contributed by atoms with Gasteiger partial charge in [-0.05, 0) is 41.4 Å². The van der Waals surface area contributed by atoms with E-state index < -0.39 is 10.9 Å². The van der Waals surface area contributed by atoms with Gasteiger partial charge in [0.25, 0.3) is 0 Å². The van der Waals surface area contributed by atoms with E-state index in [1.165, 1.54) is 14.0 Å². The van der Waals surface area contributed by atoms with E-state index in [9.17, 15) is 14.9 Å². The summed E-state index contributed by atoms with van der Waals surface area (Å²) in [5.41, 5.74) is 0.317. The van der Waals surface area contributed by atoms with E-state index in [0.717, 1.165) is 10.8 Å². The van der Waals surface area contributed by atoms with E-state index in [0.29, 0.717) is 5.69 Å². The Balaban J connectivity index is 2.20. The highest BCUT2D eigenvalue weighted by Crippen LogP contribution is 2.32. The minimum absolute atomic E-state index is 0.104. The lowest BCUT2D eigenvalue weighted by Crippen LogP contribution is -2.09. The summed E-state index contributed by atoms with van der Waals surface area (Å²) in [4.78, 5) is 30.7. The largest absolute Gasteiger partial charge is 0.465 e. The summed E-state index contributed by atoms with van der Waals surface area (Å²) in [6.07, 6.45) is 0. The van der Waals surface area contributed by atoms with E-state index in [1.54, 1.807) is 12.1 Å². The predicted molar refractivity (Wildman–Crippen MR) is 97.0 cm³/mol. The molecule has 26 heavy (non-hydrogen) atoms. The smallest absolute Gasteiger partial charge is 0.339 e. The van der Waals surface area contributed by atoms with Gasteiger partial charge in [-0.2, -0.15) is 4.98 Å². The van der Waals surface area contributed by atoms with Crippen LogP contribution in [0.5, 0.6) is 0 Å². The summed E-state index contributed by atoms with van der Waals surface area (Å²) in [5, 5.41) is 15.7. The number of hydrogen-bond donors (Lipinski definition) is 1. The molecule has 0 spiro atoms. The normalized spacial score (nSPS) is 10.6. The molecule has 0 saturated heterocycles. The van der Waals surface area contributed by atoms with Crippen LogP contribution in [-0.4, -0.2) is 28.0 Å². The topological polar surface area (TPSA) is 107 Å². The molecule has 8 nitrogen and oxygen atoms in total. The van der Waals surface area contributed by atoms with Gasteiger partial charge in [0, 0.05) is 0 Å². The molecular formula is C17H13ClN4O4. The van der Waals surface area contributed by atoms with Crippen LogP contribution in [0.2, 0.25) is 5.28 Å². The lowest BCUT2D eigenvalue weighted by molar-refractivity contribution is -0.385. The number of methoxy groups -OCH3 is 1. The van der Waals surface area contributed by atoms with Crippen molar-refractivity contribution >= 4 is 45.5 Å². The van der Waals surface area contributed by atoms with Crippen molar-refractivity contribution in [1.29, 1.82) is 0 Å². The van der Waals surface area contributed by atoms with Crippen LogP contribution in [0.4, 0.5) is 17.2 Å². The molecule has 0 saturated carbocycles. The van der Waals surface area contributed by atoms with Crippen molar-refractivity contribution in [1.82, 2.24) is 9.97 Å². The number of ether oxygens (including phenoxy) is 1. The van der Waals surface area contributed by atoms with Gasteiger partial charge >= 0.3 is 11.7 Å². The highest BCUT2D eigenvalue weighted by Gasteiger charge is 2.24. The van der Waals surface area contributed by atoms with Crippen LogP contribution in [-0.2, 0) is 4.74 Å². The summed E-state index contributed by atoms with van der Waals surface area (Å²) >= 11 is 5.84. The van der Waals surface area contributed by atoms with E-state index >= 15 is 0 Å². The van der Waals surface area contributed by atoms with Crippen LogP contribution in [0.15, 0.2) is 36.4 Å². The number of carbonyl (C=O) groups is 1. The fraction of sp³-hybridized carbons (Fsp3) is 0.118. The number of aryl methyl sites for hydroxylation is 1.